The molecule has 1 aliphatic heterocycles. The Balaban J connectivity index is 1.54. The molecule has 2 fully saturated rings. The van der Waals surface area contributed by atoms with E-state index in [-0.39, 0.29) is 18.0 Å². The summed E-state index contributed by atoms with van der Waals surface area (Å²) in [7, 11) is 1.47. The van der Waals surface area contributed by atoms with E-state index in [9.17, 15) is 4.79 Å². The quantitative estimate of drug-likeness (QED) is 0.763. The Morgan fingerprint density at radius 1 is 1.39 bits per heavy atom. The molecule has 4 atom stereocenters. The molecule has 96 valence electrons. The molecule has 3 nitrogen and oxygen atoms in total. The Labute approximate surface area is 107 Å². The highest BCUT2D eigenvalue weighted by Gasteiger charge is 2.63. The van der Waals surface area contributed by atoms with E-state index in [1.165, 1.54) is 12.7 Å². The number of benzene rings is 1. The average Bonchev–Trinajstić information content (AvgIpc) is 3.00. The molecule has 1 aliphatic carbocycles. The zero-order valence-corrected chi connectivity index (χ0v) is 10.5. The second-order valence-electron chi connectivity index (χ2n) is 5.19. The normalized spacial score (nSPS) is 32.9. The van der Waals surface area contributed by atoms with Crippen LogP contribution in [0.15, 0.2) is 30.3 Å². The van der Waals surface area contributed by atoms with Crippen LogP contribution in [0.25, 0.3) is 0 Å². The first kappa shape index (κ1) is 11.7. The van der Waals surface area contributed by atoms with Gasteiger partial charge in [0.2, 0.25) is 0 Å². The molecule has 0 spiro atoms. The summed E-state index contributed by atoms with van der Waals surface area (Å²) in [6.45, 7) is 0.726. The summed E-state index contributed by atoms with van der Waals surface area (Å²) in [6, 6.07) is 10.4. The highest BCUT2D eigenvalue weighted by atomic mass is 16.5. The van der Waals surface area contributed by atoms with Crippen molar-refractivity contribution in [2.24, 2.45) is 17.8 Å². The Morgan fingerprint density at radius 2 is 2.17 bits per heavy atom. The Bertz CT molecular complexity index is 429. The van der Waals surface area contributed by atoms with E-state index in [0.29, 0.717) is 11.8 Å². The molecule has 0 bridgehead atoms. The molecule has 0 aromatic heterocycles. The van der Waals surface area contributed by atoms with Crippen LogP contribution in [0.1, 0.15) is 12.0 Å². The van der Waals surface area contributed by atoms with Crippen molar-refractivity contribution >= 4 is 5.97 Å². The number of hydrogen-bond donors (Lipinski definition) is 0. The lowest BCUT2D eigenvalue weighted by molar-refractivity contribution is -0.144. The van der Waals surface area contributed by atoms with Gasteiger partial charge in [-0.25, -0.2) is 0 Å². The second-order valence-corrected chi connectivity index (χ2v) is 5.19. The van der Waals surface area contributed by atoms with Gasteiger partial charge in [-0.3, -0.25) is 4.79 Å². The minimum Gasteiger partial charge on any atom is -0.469 e. The van der Waals surface area contributed by atoms with Crippen LogP contribution in [0.2, 0.25) is 0 Å². The minimum absolute atomic E-state index is 0.0574. The van der Waals surface area contributed by atoms with Gasteiger partial charge >= 0.3 is 5.97 Å². The van der Waals surface area contributed by atoms with Gasteiger partial charge in [-0.15, -0.1) is 0 Å². The molecular formula is C15H18O3. The van der Waals surface area contributed by atoms with Crippen LogP contribution >= 0.6 is 0 Å². The third-order valence-corrected chi connectivity index (χ3v) is 4.20. The molecule has 1 saturated heterocycles. The third kappa shape index (κ3) is 2.03. The zero-order valence-electron chi connectivity index (χ0n) is 10.5. The molecule has 0 unspecified atom stereocenters. The Kier molecular flexibility index (Phi) is 3.08. The number of methoxy groups -OCH3 is 1. The van der Waals surface area contributed by atoms with Crippen LogP contribution in [-0.4, -0.2) is 25.8 Å². The molecule has 1 aromatic rings. The second kappa shape index (κ2) is 4.73. The largest absolute Gasteiger partial charge is 0.469 e. The lowest BCUT2D eigenvalue weighted by atomic mass is 10.0. The van der Waals surface area contributed by atoms with E-state index in [1.54, 1.807) is 0 Å². The zero-order chi connectivity index (χ0) is 12.5. The van der Waals surface area contributed by atoms with Crippen molar-refractivity contribution in [3.8, 4) is 0 Å². The van der Waals surface area contributed by atoms with Crippen molar-refractivity contribution in [1.82, 2.24) is 0 Å². The average molecular weight is 246 g/mol. The maximum Gasteiger partial charge on any atom is 0.309 e. The smallest absolute Gasteiger partial charge is 0.309 e. The highest BCUT2D eigenvalue weighted by Crippen LogP contribution is 2.55. The lowest BCUT2D eigenvalue weighted by Crippen LogP contribution is -2.19. The van der Waals surface area contributed by atoms with Gasteiger partial charge < -0.3 is 9.47 Å². The van der Waals surface area contributed by atoms with Gasteiger partial charge in [0.15, 0.2) is 0 Å². The van der Waals surface area contributed by atoms with Gasteiger partial charge in [0.25, 0.3) is 0 Å². The van der Waals surface area contributed by atoms with Crippen LogP contribution in [0.3, 0.4) is 0 Å². The molecule has 1 aromatic carbocycles. The number of ether oxygens (including phenoxy) is 2. The summed E-state index contributed by atoms with van der Waals surface area (Å²) in [5.74, 6) is 0.863. The summed E-state index contributed by atoms with van der Waals surface area (Å²) in [4.78, 5) is 11.5. The van der Waals surface area contributed by atoms with Gasteiger partial charge in [0.05, 0.1) is 25.7 Å². The standard InChI is InChI=1S/C15H18O3/c1-17-15(16)14-11-9-18-12(13(11)14)8-7-10-5-3-2-4-6-10/h2-6,11-14H,7-9H2,1H3/t11-,12+,13-,14+/m0/s1. The molecule has 1 saturated carbocycles. The Hall–Kier alpha value is -1.35. The van der Waals surface area contributed by atoms with Gasteiger partial charge in [-0.1, -0.05) is 30.3 Å². The topological polar surface area (TPSA) is 35.5 Å². The molecule has 0 amide bonds. The van der Waals surface area contributed by atoms with E-state index >= 15 is 0 Å². The molecule has 3 heteroatoms. The van der Waals surface area contributed by atoms with Crippen LogP contribution in [0.4, 0.5) is 0 Å². The van der Waals surface area contributed by atoms with E-state index < -0.39 is 0 Å². The van der Waals surface area contributed by atoms with Crippen molar-refractivity contribution < 1.29 is 14.3 Å². The maximum atomic E-state index is 11.5. The van der Waals surface area contributed by atoms with Crippen molar-refractivity contribution in [2.75, 3.05) is 13.7 Å². The van der Waals surface area contributed by atoms with Gasteiger partial charge in [-0.2, -0.15) is 0 Å². The van der Waals surface area contributed by atoms with Crippen LogP contribution in [-0.2, 0) is 20.7 Å². The van der Waals surface area contributed by atoms with Crippen LogP contribution < -0.4 is 0 Å². The van der Waals surface area contributed by atoms with Gasteiger partial charge in [0.1, 0.15) is 0 Å². The van der Waals surface area contributed by atoms with Crippen molar-refractivity contribution in [3.63, 3.8) is 0 Å². The van der Waals surface area contributed by atoms with Crippen LogP contribution in [0.5, 0.6) is 0 Å². The maximum absolute atomic E-state index is 11.5. The molecule has 18 heavy (non-hydrogen) atoms. The molecule has 2 aliphatic rings. The highest BCUT2D eigenvalue weighted by molar-refractivity contribution is 5.76. The van der Waals surface area contributed by atoms with E-state index in [4.69, 9.17) is 9.47 Å². The fraction of sp³-hybridized carbons (Fsp3) is 0.533. The predicted octanol–water partition coefficient (Wildman–Crippen LogP) is 2.05. The first-order valence-corrected chi connectivity index (χ1v) is 6.54. The van der Waals surface area contributed by atoms with Gasteiger partial charge in [-0.05, 0) is 18.4 Å². The van der Waals surface area contributed by atoms with E-state index in [2.05, 4.69) is 24.3 Å². The van der Waals surface area contributed by atoms with Crippen LogP contribution in [0, 0.1) is 17.8 Å². The first-order valence-electron chi connectivity index (χ1n) is 6.54. The van der Waals surface area contributed by atoms with E-state index in [1.807, 2.05) is 6.07 Å². The molecule has 0 radical (unpaired) electrons. The summed E-state index contributed by atoms with van der Waals surface area (Å²) in [5, 5.41) is 0. The molecule has 0 N–H and O–H groups in total. The number of carbonyl (C=O) groups is 1. The third-order valence-electron chi connectivity index (χ3n) is 4.20. The number of aryl methyl sites for hydroxylation is 1. The Morgan fingerprint density at radius 3 is 2.89 bits per heavy atom. The van der Waals surface area contributed by atoms with E-state index in [0.717, 1.165) is 19.4 Å². The fourth-order valence-corrected chi connectivity index (χ4v) is 3.17. The molecular weight excluding hydrogens is 228 g/mol. The SMILES string of the molecule is COC(=O)[C@@H]1[C@H]2CO[C@H](CCc3ccccc3)[C@H]21. The first-order chi connectivity index (χ1) is 8.81. The number of fused-ring (bicyclic) bond motifs is 1. The van der Waals surface area contributed by atoms with Crippen molar-refractivity contribution in [3.05, 3.63) is 35.9 Å². The molecule has 1 heterocycles. The lowest BCUT2D eigenvalue weighted by Gasteiger charge is -2.14. The predicted molar refractivity (Wildman–Crippen MR) is 67.0 cm³/mol. The summed E-state index contributed by atoms with van der Waals surface area (Å²) in [6.07, 6.45) is 2.25. The van der Waals surface area contributed by atoms with Gasteiger partial charge in [0, 0.05) is 11.8 Å². The van der Waals surface area contributed by atoms with Crippen molar-refractivity contribution in [1.29, 1.82) is 0 Å². The fourth-order valence-electron chi connectivity index (χ4n) is 3.17. The number of rotatable bonds is 4. The summed E-state index contributed by atoms with van der Waals surface area (Å²) in [5.41, 5.74) is 1.33. The molecule has 3 rings (SSSR count). The van der Waals surface area contributed by atoms with Crippen molar-refractivity contribution in [2.45, 2.75) is 18.9 Å². The minimum atomic E-state index is -0.0574. The number of esters is 1. The monoisotopic (exact) mass is 246 g/mol. The summed E-state index contributed by atoms with van der Waals surface area (Å²) < 4.78 is 10.6. The number of carbonyl (C=O) groups excluding carboxylic acids is 1. The number of hydrogen-bond acceptors (Lipinski definition) is 3. The summed E-state index contributed by atoms with van der Waals surface area (Å²) >= 11 is 0.